The van der Waals surface area contributed by atoms with E-state index in [1.165, 1.54) is 21.3 Å². The van der Waals surface area contributed by atoms with Crippen molar-refractivity contribution in [1.29, 1.82) is 0 Å². The first-order chi connectivity index (χ1) is 11.0. The number of hydrogen-bond acceptors (Lipinski definition) is 6. The zero-order valence-electron chi connectivity index (χ0n) is 14.8. The Kier molecular flexibility index (Phi) is 7.68. The van der Waals surface area contributed by atoms with Crippen LogP contribution in [0.15, 0.2) is 12.1 Å². The second kappa shape index (κ2) is 9.25. The second-order valence-corrected chi connectivity index (χ2v) is 5.12. The summed E-state index contributed by atoms with van der Waals surface area (Å²) < 4.78 is 21.3. The Labute approximate surface area is 138 Å². The predicted molar refractivity (Wildman–Crippen MR) is 88.8 cm³/mol. The van der Waals surface area contributed by atoms with Gasteiger partial charge in [-0.3, -0.25) is 0 Å². The van der Waals surface area contributed by atoms with Gasteiger partial charge in [0.05, 0.1) is 26.9 Å². The molecule has 1 aromatic carbocycles. The third-order valence-corrected chi connectivity index (χ3v) is 3.62. The van der Waals surface area contributed by atoms with E-state index in [4.69, 9.17) is 18.9 Å². The summed E-state index contributed by atoms with van der Waals surface area (Å²) in [6, 6.07) is 3.18. The molecule has 0 aliphatic carbocycles. The highest BCUT2D eigenvalue weighted by Gasteiger charge is 2.20. The van der Waals surface area contributed by atoms with Gasteiger partial charge in [0.25, 0.3) is 0 Å². The molecule has 0 radical (unpaired) electrons. The summed E-state index contributed by atoms with van der Waals surface area (Å²) in [5, 5.41) is 0. The van der Waals surface area contributed by atoms with Gasteiger partial charge in [0.1, 0.15) is 6.10 Å². The van der Waals surface area contributed by atoms with Crippen LogP contribution in [0.3, 0.4) is 0 Å². The number of rotatable bonds is 9. The van der Waals surface area contributed by atoms with Crippen molar-refractivity contribution in [2.75, 3.05) is 41.0 Å². The number of carbonyl (C=O) groups is 1. The fourth-order valence-electron chi connectivity index (χ4n) is 2.33. The number of likely N-dealkylation sites (N-methyl/N-ethyl adjacent to an activating group) is 1. The molecule has 0 saturated heterocycles. The fourth-order valence-corrected chi connectivity index (χ4v) is 2.33. The third kappa shape index (κ3) is 5.03. The van der Waals surface area contributed by atoms with Crippen LogP contribution in [-0.4, -0.2) is 57.9 Å². The Morgan fingerprint density at radius 2 is 1.57 bits per heavy atom. The largest absolute Gasteiger partial charge is 0.493 e. The number of esters is 1. The van der Waals surface area contributed by atoms with Crippen LogP contribution in [0.25, 0.3) is 0 Å². The maximum Gasteiger partial charge on any atom is 0.338 e. The Hall–Kier alpha value is -1.95. The highest BCUT2D eigenvalue weighted by Crippen LogP contribution is 2.38. The molecule has 0 aliphatic rings. The molecule has 1 rings (SSSR count). The van der Waals surface area contributed by atoms with E-state index in [1.54, 1.807) is 12.1 Å². The van der Waals surface area contributed by atoms with Crippen LogP contribution in [-0.2, 0) is 4.74 Å². The predicted octanol–water partition coefficient (Wildman–Crippen LogP) is 2.60. The van der Waals surface area contributed by atoms with E-state index in [2.05, 4.69) is 18.7 Å². The first kappa shape index (κ1) is 19.1. The summed E-state index contributed by atoms with van der Waals surface area (Å²) >= 11 is 0. The summed E-state index contributed by atoms with van der Waals surface area (Å²) in [6.07, 6.45) is -0.207. The quantitative estimate of drug-likeness (QED) is 0.651. The lowest BCUT2D eigenvalue weighted by atomic mass is 10.2. The molecular weight excluding hydrogens is 298 g/mol. The lowest BCUT2D eigenvalue weighted by molar-refractivity contribution is 0.0260. The van der Waals surface area contributed by atoms with E-state index in [0.717, 1.165) is 13.1 Å². The van der Waals surface area contributed by atoms with E-state index >= 15 is 0 Å². The number of benzene rings is 1. The van der Waals surface area contributed by atoms with Crippen molar-refractivity contribution in [3.63, 3.8) is 0 Å². The highest BCUT2D eigenvalue weighted by molar-refractivity contribution is 5.91. The number of methoxy groups -OCH3 is 3. The maximum absolute atomic E-state index is 12.4. The van der Waals surface area contributed by atoms with Crippen molar-refractivity contribution < 1.29 is 23.7 Å². The first-order valence-corrected chi connectivity index (χ1v) is 7.73. The van der Waals surface area contributed by atoms with Crippen LogP contribution in [0.5, 0.6) is 17.2 Å². The Balaban J connectivity index is 2.91. The minimum Gasteiger partial charge on any atom is -0.493 e. The monoisotopic (exact) mass is 325 g/mol. The lowest BCUT2D eigenvalue weighted by Gasteiger charge is -2.23. The van der Waals surface area contributed by atoms with Crippen molar-refractivity contribution in [1.82, 2.24) is 4.90 Å². The van der Waals surface area contributed by atoms with Crippen molar-refractivity contribution in [3.8, 4) is 17.2 Å². The topological polar surface area (TPSA) is 57.2 Å². The summed E-state index contributed by atoms with van der Waals surface area (Å²) in [7, 11) is 4.54. The van der Waals surface area contributed by atoms with Crippen LogP contribution >= 0.6 is 0 Å². The highest BCUT2D eigenvalue weighted by atomic mass is 16.5. The van der Waals surface area contributed by atoms with Gasteiger partial charge >= 0.3 is 5.97 Å². The molecule has 0 heterocycles. The Morgan fingerprint density at radius 3 is 1.96 bits per heavy atom. The molecule has 0 N–H and O–H groups in total. The maximum atomic E-state index is 12.4. The smallest absolute Gasteiger partial charge is 0.338 e. The summed E-state index contributed by atoms with van der Waals surface area (Å²) in [6.45, 7) is 8.58. The van der Waals surface area contributed by atoms with Gasteiger partial charge in [0.2, 0.25) is 5.75 Å². The van der Waals surface area contributed by atoms with Crippen molar-refractivity contribution in [3.05, 3.63) is 17.7 Å². The zero-order chi connectivity index (χ0) is 17.4. The van der Waals surface area contributed by atoms with Gasteiger partial charge in [-0.15, -0.1) is 0 Å². The van der Waals surface area contributed by atoms with E-state index in [1.807, 2.05) is 6.92 Å². The Morgan fingerprint density at radius 1 is 1.04 bits per heavy atom. The van der Waals surface area contributed by atoms with E-state index in [9.17, 15) is 4.79 Å². The van der Waals surface area contributed by atoms with E-state index < -0.39 is 5.97 Å². The standard InChI is InChI=1S/C17H27NO5/c1-7-18(8-2)11-12(3)23-17(19)13-9-14(20-4)16(22-6)15(10-13)21-5/h9-10,12H,7-8,11H2,1-6H3/t12-/m0/s1. The fraction of sp³-hybridized carbons (Fsp3) is 0.588. The Bertz CT molecular complexity index is 489. The third-order valence-electron chi connectivity index (χ3n) is 3.62. The molecule has 0 fully saturated rings. The average molecular weight is 325 g/mol. The molecule has 130 valence electrons. The van der Waals surface area contributed by atoms with Gasteiger partial charge in [-0.25, -0.2) is 4.79 Å². The van der Waals surface area contributed by atoms with Gasteiger partial charge in [0, 0.05) is 6.54 Å². The molecule has 23 heavy (non-hydrogen) atoms. The van der Waals surface area contributed by atoms with Crippen molar-refractivity contribution in [2.45, 2.75) is 26.9 Å². The van der Waals surface area contributed by atoms with Gasteiger partial charge < -0.3 is 23.8 Å². The molecule has 0 saturated carbocycles. The van der Waals surface area contributed by atoms with Crippen LogP contribution in [0.4, 0.5) is 0 Å². The van der Waals surface area contributed by atoms with Crippen LogP contribution in [0, 0.1) is 0 Å². The molecule has 0 aromatic heterocycles. The summed E-state index contributed by atoms with van der Waals surface area (Å²) in [4.78, 5) is 14.6. The first-order valence-electron chi connectivity index (χ1n) is 7.73. The molecule has 1 atom stereocenters. The minimum atomic E-state index is -0.413. The van der Waals surface area contributed by atoms with Crippen LogP contribution in [0.2, 0.25) is 0 Å². The van der Waals surface area contributed by atoms with E-state index in [0.29, 0.717) is 29.4 Å². The molecule has 0 spiro atoms. The molecule has 0 bridgehead atoms. The van der Waals surface area contributed by atoms with E-state index in [-0.39, 0.29) is 6.10 Å². The summed E-state index contributed by atoms with van der Waals surface area (Å²) in [5.74, 6) is 0.886. The lowest BCUT2D eigenvalue weighted by Crippen LogP contribution is -2.33. The van der Waals surface area contributed by atoms with Crippen LogP contribution in [0.1, 0.15) is 31.1 Å². The molecular formula is C17H27NO5. The molecule has 6 nitrogen and oxygen atoms in total. The zero-order valence-corrected chi connectivity index (χ0v) is 14.8. The minimum absolute atomic E-state index is 0.207. The number of nitrogens with zero attached hydrogens (tertiary/aromatic N) is 1. The van der Waals surface area contributed by atoms with Crippen LogP contribution < -0.4 is 14.2 Å². The van der Waals surface area contributed by atoms with Crippen molar-refractivity contribution in [2.24, 2.45) is 0 Å². The average Bonchev–Trinajstić information content (AvgIpc) is 2.57. The molecule has 0 aliphatic heterocycles. The number of hydrogen-bond donors (Lipinski definition) is 0. The van der Waals surface area contributed by atoms with Crippen molar-refractivity contribution >= 4 is 5.97 Å². The normalized spacial score (nSPS) is 12.0. The van der Waals surface area contributed by atoms with Gasteiger partial charge in [-0.1, -0.05) is 13.8 Å². The number of carbonyl (C=O) groups excluding carboxylic acids is 1. The molecule has 0 unspecified atom stereocenters. The van der Waals surface area contributed by atoms with Gasteiger partial charge in [-0.2, -0.15) is 0 Å². The second-order valence-electron chi connectivity index (χ2n) is 5.12. The molecule has 6 heteroatoms. The molecule has 1 aromatic rings. The molecule has 0 amide bonds. The van der Waals surface area contributed by atoms with Gasteiger partial charge in [0.15, 0.2) is 11.5 Å². The summed E-state index contributed by atoms with van der Waals surface area (Å²) in [5.41, 5.74) is 0.367. The number of ether oxygens (including phenoxy) is 4. The van der Waals surface area contributed by atoms with Gasteiger partial charge in [-0.05, 0) is 32.1 Å². The SMILES string of the molecule is CCN(CC)C[C@H](C)OC(=O)c1cc(OC)c(OC)c(OC)c1.